The number of ketones is 1. The zero-order valence-corrected chi connectivity index (χ0v) is 11.4. The van der Waals surface area contributed by atoms with Crippen LogP contribution in [0.15, 0.2) is 24.3 Å². The number of Topliss-reactive ketones (excluding diaryl/α,β-unsaturated/α-hetero) is 1. The fourth-order valence-corrected chi connectivity index (χ4v) is 1.47. The summed E-state index contributed by atoms with van der Waals surface area (Å²) in [5.41, 5.74) is 0.560. The molecule has 0 radical (unpaired) electrons. The SMILES string of the molecule is COCCNC(=O)[C@H](C)Oc1cccc(C(C)=O)c1. The number of methoxy groups -OCH3 is 1. The molecule has 0 aliphatic carbocycles. The van der Waals surface area contributed by atoms with Crippen LogP contribution in [0.4, 0.5) is 0 Å². The molecule has 0 unspecified atom stereocenters. The molecule has 5 heteroatoms. The molecular formula is C14H19NO4. The Hall–Kier alpha value is -1.88. The monoisotopic (exact) mass is 265 g/mol. The van der Waals surface area contributed by atoms with Crippen molar-refractivity contribution >= 4 is 11.7 Å². The summed E-state index contributed by atoms with van der Waals surface area (Å²) in [4.78, 5) is 22.9. The summed E-state index contributed by atoms with van der Waals surface area (Å²) < 4.78 is 10.3. The van der Waals surface area contributed by atoms with Crippen molar-refractivity contribution < 1.29 is 19.1 Å². The first-order chi connectivity index (χ1) is 9.04. The molecule has 1 N–H and O–H groups in total. The van der Waals surface area contributed by atoms with Gasteiger partial charge < -0.3 is 14.8 Å². The predicted molar refractivity (Wildman–Crippen MR) is 71.4 cm³/mol. The highest BCUT2D eigenvalue weighted by atomic mass is 16.5. The highest BCUT2D eigenvalue weighted by Gasteiger charge is 2.14. The van der Waals surface area contributed by atoms with Crippen LogP contribution in [-0.2, 0) is 9.53 Å². The molecule has 0 spiro atoms. The average Bonchev–Trinajstić information content (AvgIpc) is 2.39. The second kappa shape index (κ2) is 7.53. The van der Waals surface area contributed by atoms with E-state index in [2.05, 4.69) is 5.32 Å². The van der Waals surface area contributed by atoms with E-state index in [1.807, 2.05) is 0 Å². The Morgan fingerprint density at radius 2 is 2.11 bits per heavy atom. The van der Waals surface area contributed by atoms with E-state index in [9.17, 15) is 9.59 Å². The van der Waals surface area contributed by atoms with E-state index in [0.717, 1.165) is 0 Å². The van der Waals surface area contributed by atoms with Crippen LogP contribution < -0.4 is 10.1 Å². The third-order valence-corrected chi connectivity index (χ3v) is 2.53. The third-order valence-electron chi connectivity index (χ3n) is 2.53. The number of carbonyl (C=O) groups is 2. The molecule has 1 atom stereocenters. The second-order valence-corrected chi connectivity index (χ2v) is 4.13. The molecule has 0 fully saturated rings. The maximum atomic E-state index is 11.7. The van der Waals surface area contributed by atoms with Crippen LogP contribution in [0.2, 0.25) is 0 Å². The largest absolute Gasteiger partial charge is 0.481 e. The van der Waals surface area contributed by atoms with Crippen LogP contribution in [0.5, 0.6) is 5.75 Å². The van der Waals surface area contributed by atoms with Gasteiger partial charge in [0.15, 0.2) is 11.9 Å². The first-order valence-corrected chi connectivity index (χ1v) is 6.09. The molecule has 0 saturated carbocycles. The minimum absolute atomic E-state index is 0.0392. The number of hydrogen-bond donors (Lipinski definition) is 1. The van der Waals surface area contributed by atoms with Crippen LogP contribution in [0.1, 0.15) is 24.2 Å². The van der Waals surface area contributed by atoms with Gasteiger partial charge in [-0.25, -0.2) is 0 Å². The van der Waals surface area contributed by atoms with Gasteiger partial charge in [0.05, 0.1) is 6.61 Å². The van der Waals surface area contributed by atoms with Crippen LogP contribution in [-0.4, -0.2) is 38.1 Å². The van der Waals surface area contributed by atoms with E-state index in [0.29, 0.717) is 24.5 Å². The molecule has 5 nitrogen and oxygen atoms in total. The zero-order valence-electron chi connectivity index (χ0n) is 11.4. The Morgan fingerprint density at radius 1 is 1.37 bits per heavy atom. The summed E-state index contributed by atoms with van der Waals surface area (Å²) in [6, 6.07) is 6.77. The van der Waals surface area contributed by atoms with Gasteiger partial charge in [0.1, 0.15) is 5.75 Å². The van der Waals surface area contributed by atoms with Crippen molar-refractivity contribution in [1.82, 2.24) is 5.32 Å². The number of carbonyl (C=O) groups excluding carboxylic acids is 2. The normalized spacial score (nSPS) is 11.7. The molecule has 0 bridgehead atoms. The molecule has 0 saturated heterocycles. The van der Waals surface area contributed by atoms with Gasteiger partial charge in [-0.3, -0.25) is 9.59 Å². The standard InChI is InChI=1S/C14H19NO4/c1-10(16)12-5-4-6-13(9-12)19-11(2)14(17)15-7-8-18-3/h4-6,9,11H,7-8H2,1-3H3,(H,15,17)/t11-/m0/s1. The van der Waals surface area contributed by atoms with Crippen molar-refractivity contribution in [2.45, 2.75) is 20.0 Å². The van der Waals surface area contributed by atoms with Gasteiger partial charge in [-0.1, -0.05) is 12.1 Å². The molecule has 0 aliphatic heterocycles. The Kier molecular flexibility index (Phi) is 6.02. The van der Waals surface area contributed by atoms with Gasteiger partial charge in [-0.2, -0.15) is 0 Å². The number of nitrogens with one attached hydrogen (secondary N) is 1. The number of benzene rings is 1. The molecule has 19 heavy (non-hydrogen) atoms. The third kappa shape index (κ3) is 5.09. The van der Waals surface area contributed by atoms with Crippen molar-refractivity contribution in [2.24, 2.45) is 0 Å². The zero-order chi connectivity index (χ0) is 14.3. The molecule has 1 aromatic rings. The predicted octanol–water partition coefficient (Wildman–Crippen LogP) is 1.42. The van der Waals surface area contributed by atoms with Crippen molar-refractivity contribution in [1.29, 1.82) is 0 Å². The summed E-state index contributed by atoms with van der Waals surface area (Å²) in [6.07, 6.45) is -0.626. The van der Waals surface area contributed by atoms with Crippen LogP contribution >= 0.6 is 0 Å². The van der Waals surface area contributed by atoms with Crippen molar-refractivity contribution in [3.8, 4) is 5.75 Å². The summed E-state index contributed by atoms with van der Waals surface area (Å²) >= 11 is 0. The minimum Gasteiger partial charge on any atom is -0.481 e. The minimum atomic E-state index is -0.626. The van der Waals surface area contributed by atoms with E-state index in [1.54, 1.807) is 38.3 Å². The fourth-order valence-electron chi connectivity index (χ4n) is 1.47. The molecule has 0 heterocycles. The molecule has 1 rings (SSSR count). The van der Waals surface area contributed by atoms with Gasteiger partial charge in [-0.15, -0.1) is 0 Å². The Morgan fingerprint density at radius 3 is 2.74 bits per heavy atom. The van der Waals surface area contributed by atoms with Gasteiger partial charge >= 0.3 is 0 Å². The fraction of sp³-hybridized carbons (Fsp3) is 0.429. The number of rotatable bonds is 7. The molecule has 0 aliphatic rings. The quantitative estimate of drug-likeness (QED) is 0.598. The van der Waals surface area contributed by atoms with Crippen molar-refractivity contribution in [3.05, 3.63) is 29.8 Å². The first-order valence-electron chi connectivity index (χ1n) is 6.09. The second-order valence-electron chi connectivity index (χ2n) is 4.13. The van der Waals surface area contributed by atoms with Crippen molar-refractivity contribution in [3.63, 3.8) is 0 Å². The summed E-state index contributed by atoms with van der Waals surface area (Å²) in [6.45, 7) is 4.04. The van der Waals surface area contributed by atoms with Gasteiger partial charge in [0, 0.05) is 19.2 Å². The van der Waals surface area contributed by atoms with E-state index in [1.165, 1.54) is 6.92 Å². The lowest BCUT2D eigenvalue weighted by Gasteiger charge is -2.15. The molecule has 1 aromatic carbocycles. The smallest absolute Gasteiger partial charge is 0.260 e. The lowest BCUT2D eigenvalue weighted by molar-refractivity contribution is -0.127. The highest BCUT2D eigenvalue weighted by molar-refractivity contribution is 5.94. The summed E-state index contributed by atoms with van der Waals surface area (Å²) in [5.74, 6) is 0.245. The number of hydrogen-bond acceptors (Lipinski definition) is 4. The van der Waals surface area contributed by atoms with Gasteiger partial charge in [0.25, 0.3) is 5.91 Å². The molecule has 1 amide bonds. The molecule has 104 valence electrons. The number of ether oxygens (including phenoxy) is 2. The molecular weight excluding hydrogens is 246 g/mol. The summed E-state index contributed by atoms with van der Waals surface area (Å²) in [7, 11) is 1.57. The maximum Gasteiger partial charge on any atom is 0.260 e. The van der Waals surface area contributed by atoms with Gasteiger partial charge in [0.2, 0.25) is 0 Å². The molecule has 0 aromatic heterocycles. The van der Waals surface area contributed by atoms with Crippen LogP contribution in [0.25, 0.3) is 0 Å². The Bertz CT molecular complexity index is 445. The first kappa shape index (κ1) is 15.2. The van der Waals surface area contributed by atoms with E-state index in [4.69, 9.17) is 9.47 Å². The average molecular weight is 265 g/mol. The Balaban J connectivity index is 2.56. The maximum absolute atomic E-state index is 11.7. The highest BCUT2D eigenvalue weighted by Crippen LogP contribution is 2.15. The van der Waals surface area contributed by atoms with E-state index in [-0.39, 0.29) is 11.7 Å². The van der Waals surface area contributed by atoms with E-state index < -0.39 is 6.10 Å². The summed E-state index contributed by atoms with van der Waals surface area (Å²) in [5, 5.41) is 2.69. The van der Waals surface area contributed by atoms with E-state index >= 15 is 0 Å². The lowest BCUT2D eigenvalue weighted by Crippen LogP contribution is -2.37. The lowest BCUT2D eigenvalue weighted by atomic mass is 10.1. The van der Waals surface area contributed by atoms with Gasteiger partial charge in [-0.05, 0) is 26.0 Å². The topological polar surface area (TPSA) is 64.6 Å². The van der Waals surface area contributed by atoms with Crippen LogP contribution in [0.3, 0.4) is 0 Å². The van der Waals surface area contributed by atoms with Crippen molar-refractivity contribution in [2.75, 3.05) is 20.3 Å². The Labute approximate surface area is 112 Å². The van der Waals surface area contributed by atoms with Crippen LogP contribution in [0, 0.1) is 0 Å². The number of amides is 1.